The molecule has 0 aliphatic rings. The highest BCUT2D eigenvalue weighted by molar-refractivity contribution is 7.98. The fraction of sp³-hybridized carbons (Fsp3) is 0.0909. The van der Waals surface area contributed by atoms with E-state index in [2.05, 4.69) is 10.5 Å². The van der Waals surface area contributed by atoms with Gasteiger partial charge < -0.3 is 0 Å². The van der Waals surface area contributed by atoms with Crippen molar-refractivity contribution in [3.8, 4) is 0 Å². The number of hydrazone groups is 1. The number of benzene rings is 3. The summed E-state index contributed by atoms with van der Waals surface area (Å²) in [5.41, 5.74) is 3.22. The van der Waals surface area contributed by atoms with E-state index in [1.807, 2.05) is 36.4 Å². The van der Waals surface area contributed by atoms with Crippen molar-refractivity contribution in [2.75, 3.05) is 0 Å². The molecule has 154 valence electrons. The maximum Gasteiger partial charge on any atom is 0.416 e. The zero-order valence-electron chi connectivity index (χ0n) is 15.5. The highest BCUT2D eigenvalue weighted by Gasteiger charge is 2.30. The van der Waals surface area contributed by atoms with Crippen molar-refractivity contribution in [2.24, 2.45) is 5.10 Å². The first-order chi connectivity index (χ1) is 14.3. The van der Waals surface area contributed by atoms with Gasteiger partial charge in [-0.1, -0.05) is 35.9 Å². The average Bonchev–Trinajstić information content (AvgIpc) is 2.73. The van der Waals surface area contributed by atoms with E-state index in [-0.39, 0.29) is 5.56 Å². The van der Waals surface area contributed by atoms with Gasteiger partial charge in [-0.15, -0.1) is 11.8 Å². The number of thioether (sulfide) groups is 1. The van der Waals surface area contributed by atoms with Gasteiger partial charge in [-0.3, -0.25) is 4.79 Å². The number of carbonyl (C=O) groups excluding carboxylic acids is 1. The Balaban J connectivity index is 1.54. The molecule has 0 radical (unpaired) electrons. The first-order valence-electron chi connectivity index (χ1n) is 8.79. The Morgan fingerprint density at radius 2 is 1.73 bits per heavy atom. The minimum Gasteiger partial charge on any atom is -0.267 e. The van der Waals surface area contributed by atoms with Gasteiger partial charge in [-0.25, -0.2) is 5.43 Å². The molecule has 0 aromatic heterocycles. The summed E-state index contributed by atoms with van der Waals surface area (Å²) < 4.78 is 38.2. The maximum absolute atomic E-state index is 12.7. The van der Waals surface area contributed by atoms with Crippen LogP contribution in [-0.2, 0) is 11.9 Å². The molecular weight excluding hydrogens is 433 g/mol. The van der Waals surface area contributed by atoms with Crippen LogP contribution in [0.5, 0.6) is 0 Å². The number of hydrogen-bond acceptors (Lipinski definition) is 3. The molecule has 3 aromatic carbocycles. The van der Waals surface area contributed by atoms with Crippen molar-refractivity contribution < 1.29 is 18.0 Å². The number of hydrogen-bond donors (Lipinski definition) is 1. The summed E-state index contributed by atoms with van der Waals surface area (Å²) in [4.78, 5) is 13.2. The second kappa shape index (κ2) is 9.82. The number of halogens is 4. The molecule has 3 nitrogen and oxygen atoms in total. The SMILES string of the molecule is O=C(N/N=C\c1cccc(C(F)(F)F)c1)c1ccc(CSc2ccc(Cl)cc2)cc1. The maximum atomic E-state index is 12.7. The van der Waals surface area contributed by atoms with E-state index in [1.54, 1.807) is 23.9 Å². The molecule has 0 saturated heterocycles. The highest BCUT2D eigenvalue weighted by Crippen LogP contribution is 2.29. The van der Waals surface area contributed by atoms with Crippen molar-refractivity contribution in [2.45, 2.75) is 16.8 Å². The third-order valence-electron chi connectivity index (χ3n) is 4.03. The second-order valence-electron chi connectivity index (χ2n) is 6.26. The molecule has 0 saturated carbocycles. The fourth-order valence-electron chi connectivity index (χ4n) is 2.48. The number of amides is 1. The van der Waals surface area contributed by atoms with Gasteiger partial charge in [0.05, 0.1) is 11.8 Å². The molecule has 0 bridgehead atoms. The fourth-order valence-corrected chi connectivity index (χ4v) is 3.46. The Morgan fingerprint density at radius 1 is 1.03 bits per heavy atom. The number of nitrogens with zero attached hydrogens (tertiary/aromatic N) is 1. The van der Waals surface area contributed by atoms with Gasteiger partial charge in [0.15, 0.2) is 0 Å². The topological polar surface area (TPSA) is 41.5 Å². The van der Waals surface area contributed by atoms with E-state index >= 15 is 0 Å². The standard InChI is InChI=1S/C22H16ClF3N2OS/c23-19-8-10-20(11-9-19)30-14-15-4-6-17(7-5-15)21(29)28-27-13-16-2-1-3-18(12-16)22(24,25)26/h1-13H,14H2,(H,28,29)/b27-13-. The van der Waals surface area contributed by atoms with Crippen LogP contribution in [0, 0.1) is 0 Å². The lowest BCUT2D eigenvalue weighted by molar-refractivity contribution is -0.137. The predicted octanol–water partition coefficient (Wildman–Crippen LogP) is 6.42. The van der Waals surface area contributed by atoms with Crippen LogP contribution in [0.15, 0.2) is 82.8 Å². The molecule has 0 aliphatic heterocycles. The van der Waals surface area contributed by atoms with Crippen LogP contribution in [0.3, 0.4) is 0 Å². The van der Waals surface area contributed by atoms with E-state index in [9.17, 15) is 18.0 Å². The quantitative estimate of drug-likeness (QED) is 0.269. The Hall–Kier alpha value is -2.77. The molecular formula is C22H16ClF3N2OS. The highest BCUT2D eigenvalue weighted by atomic mass is 35.5. The number of nitrogens with one attached hydrogen (secondary N) is 1. The minimum absolute atomic E-state index is 0.236. The average molecular weight is 449 g/mol. The zero-order chi connectivity index (χ0) is 21.6. The van der Waals surface area contributed by atoms with Gasteiger partial charge in [-0.2, -0.15) is 18.3 Å². The molecule has 1 amide bonds. The normalized spacial score (nSPS) is 11.6. The van der Waals surface area contributed by atoms with Gasteiger partial charge in [0, 0.05) is 21.2 Å². The van der Waals surface area contributed by atoms with Gasteiger partial charge >= 0.3 is 6.18 Å². The number of alkyl halides is 3. The minimum atomic E-state index is -4.43. The van der Waals surface area contributed by atoms with Crippen LogP contribution >= 0.6 is 23.4 Å². The van der Waals surface area contributed by atoms with E-state index in [4.69, 9.17) is 11.6 Å². The molecule has 3 aromatic rings. The number of rotatable bonds is 6. The van der Waals surface area contributed by atoms with Crippen molar-refractivity contribution in [3.63, 3.8) is 0 Å². The molecule has 3 rings (SSSR count). The van der Waals surface area contributed by atoms with Crippen LogP contribution in [0.2, 0.25) is 5.02 Å². The molecule has 0 atom stereocenters. The van der Waals surface area contributed by atoms with E-state index in [0.717, 1.165) is 28.3 Å². The smallest absolute Gasteiger partial charge is 0.267 e. The zero-order valence-corrected chi connectivity index (χ0v) is 17.1. The lowest BCUT2D eigenvalue weighted by Crippen LogP contribution is -2.17. The van der Waals surface area contributed by atoms with Crippen molar-refractivity contribution in [1.82, 2.24) is 5.43 Å². The molecule has 8 heteroatoms. The third kappa shape index (κ3) is 6.37. The molecule has 0 spiro atoms. The van der Waals surface area contributed by atoms with Gasteiger partial charge in [0.25, 0.3) is 5.91 Å². The molecule has 1 N–H and O–H groups in total. The molecule has 30 heavy (non-hydrogen) atoms. The summed E-state index contributed by atoms with van der Waals surface area (Å²) in [7, 11) is 0. The molecule has 0 aliphatic carbocycles. The Morgan fingerprint density at radius 3 is 2.40 bits per heavy atom. The van der Waals surface area contributed by atoms with Crippen molar-refractivity contribution >= 4 is 35.5 Å². The summed E-state index contributed by atoms with van der Waals surface area (Å²) >= 11 is 7.52. The van der Waals surface area contributed by atoms with Crippen LogP contribution < -0.4 is 5.43 Å². The van der Waals surface area contributed by atoms with Crippen LogP contribution in [0.25, 0.3) is 0 Å². The Bertz CT molecular complexity index is 1040. The van der Waals surface area contributed by atoms with Gasteiger partial charge in [-0.05, 0) is 59.7 Å². The van der Waals surface area contributed by atoms with Gasteiger partial charge in [0.2, 0.25) is 0 Å². The predicted molar refractivity (Wildman–Crippen MR) is 114 cm³/mol. The summed E-state index contributed by atoms with van der Waals surface area (Å²) in [6.45, 7) is 0. The summed E-state index contributed by atoms with van der Waals surface area (Å²) in [5.74, 6) is 0.284. The third-order valence-corrected chi connectivity index (χ3v) is 5.36. The monoisotopic (exact) mass is 448 g/mol. The summed E-state index contributed by atoms with van der Waals surface area (Å²) in [6, 6.07) is 19.3. The first kappa shape index (κ1) is 21.9. The van der Waals surface area contributed by atoms with Crippen molar-refractivity contribution in [3.05, 3.63) is 100 Å². The first-order valence-corrected chi connectivity index (χ1v) is 10.2. The summed E-state index contributed by atoms with van der Waals surface area (Å²) in [5, 5.41) is 4.43. The lowest BCUT2D eigenvalue weighted by atomic mass is 10.1. The molecule has 0 unspecified atom stereocenters. The Kier molecular flexibility index (Phi) is 7.18. The Labute approximate surface area is 181 Å². The van der Waals surface area contributed by atoms with Crippen molar-refractivity contribution in [1.29, 1.82) is 0 Å². The summed E-state index contributed by atoms with van der Waals surface area (Å²) in [6.07, 6.45) is -3.26. The van der Waals surface area contributed by atoms with Crippen LogP contribution in [0.4, 0.5) is 13.2 Å². The van der Waals surface area contributed by atoms with Gasteiger partial charge in [0.1, 0.15) is 0 Å². The van der Waals surface area contributed by atoms with E-state index < -0.39 is 17.6 Å². The molecule has 0 fully saturated rings. The number of carbonyl (C=O) groups is 1. The van der Waals surface area contributed by atoms with Crippen LogP contribution in [0.1, 0.15) is 27.0 Å². The van der Waals surface area contributed by atoms with E-state index in [0.29, 0.717) is 10.6 Å². The van der Waals surface area contributed by atoms with Crippen LogP contribution in [-0.4, -0.2) is 12.1 Å². The second-order valence-corrected chi connectivity index (χ2v) is 7.75. The molecule has 0 heterocycles. The lowest BCUT2D eigenvalue weighted by Gasteiger charge is -2.06. The van der Waals surface area contributed by atoms with E-state index in [1.165, 1.54) is 18.3 Å². The largest absolute Gasteiger partial charge is 0.416 e.